The van der Waals surface area contributed by atoms with Gasteiger partial charge in [-0.15, -0.1) is 0 Å². The van der Waals surface area contributed by atoms with Gasteiger partial charge in [-0.25, -0.2) is 14.5 Å². The van der Waals surface area contributed by atoms with Crippen molar-refractivity contribution >= 4 is 16.5 Å². The largest absolute Gasteiger partial charge is 0.272 e. The van der Waals surface area contributed by atoms with Crippen LogP contribution in [-0.4, -0.2) is 25.0 Å². The van der Waals surface area contributed by atoms with E-state index in [2.05, 4.69) is 25.8 Å². The highest BCUT2D eigenvalue weighted by atomic mass is 19.1. The summed E-state index contributed by atoms with van der Waals surface area (Å²) >= 11 is 0. The van der Waals surface area contributed by atoms with Crippen LogP contribution in [0.5, 0.6) is 0 Å². The molecule has 2 aromatic heterocycles. The molecule has 0 saturated heterocycles. The van der Waals surface area contributed by atoms with Gasteiger partial charge in [0.15, 0.2) is 0 Å². The van der Waals surface area contributed by atoms with Crippen molar-refractivity contribution < 1.29 is 9.23 Å². The molecule has 5 rings (SSSR count). The Morgan fingerprint density at radius 3 is 2.79 bits per heavy atom. The van der Waals surface area contributed by atoms with Gasteiger partial charge in [-0.05, 0) is 17.7 Å². The molecule has 2 atom stereocenters. The third-order valence-corrected chi connectivity index (χ3v) is 4.93. The van der Waals surface area contributed by atoms with E-state index in [1.54, 1.807) is 11.7 Å². The molecule has 4 aromatic rings. The Balaban J connectivity index is 1.85. The van der Waals surface area contributed by atoms with Crippen LogP contribution in [0.3, 0.4) is 0 Å². The number of aryl methyl sites for hydroxylation is 1. The molecule has 2 aromatic carbocycles. The zero-order chi connectivity index (χ0) is 19.3. The van der Waals surface area contributed by atoms with E-state index in [0.29, 0.717) is 22.6 Å². The van der Waals surface area contributed by atoms with E-state index < -0.39 is 23.4 Å². The standard InChI is InChI=1S/C19H15FN6O2/c1-26-18(21-9-22-26)15-16-14-12(19(27)24-23-16)7-11(20)8-13(14)25-28-17(15)10-5-3-2-4-6-10/h2-9,15,17,25H,1H3,(H,24,27). The van der Waals surface area contributed by atoms with Crippen molar-refractivity contribution in [3.05, 3.63) is 82.0 Å². The van der Waals surface area contributed by atoms with Crippen LogP contribution in [-0.2, 0) is 11.9 Å². The Morgan fingerprint density at radius 2 is 2.04 bits per heavy atom. The fourth-order valence-corrected chi connectivity index (χ4v) is 3.68. The number of nitrogens with one attached hydrogen (secondary N) is 2. The minimum atomic E-state index is -0.547. The van der Waals surface area contributed by atoms with Gasteiger partial charge < -0.3 is 0 Å². The number of rotatable bonds is 2. The summed E-state index contributed by atoms with van der Waals surface area (Å²) in [6, 6.07) is 12.0. The van der Waals surface area contributed by atoms with Crippen LogP contribution in [0.25, 0.3) is 10.8 Å². The summed E-state index contributed by atoms with van der Waals surface area (Å²) in [5.74, 6) is -0.434. The van der Waals surface area contributed by atoms with Crippen LogP contribution in [0.1, 0.15) is 29.1 Å². The molecule has 0 bridgehead atoms. The van der Waals surface area contributed by atoms with E-state index in [9.17, 15) is 9.18 Å². The molecule has 0 aliphatic carbocycles. The van der Waals surface area contributed by atoms with Gasteiger partial charge in [-0.3, -0.25) is 19.8 Å². The Bertz CT molecular complexity index is 1240. The first-order valence-corrected chi connectivity index (χ1v) is 8.66. The molecule has 28 heavy (non-hydrogen) atoms. The minimum Gasteiger partial charge on any atom is -0.267 e. The second-order valence-electron chi connectivity index (χ2n) is 6.58. The molecule has 9 heteroatoms. The molecule has 0 saturated carbocycles. The first-order valence-electron chi connectivity index (χ1n) is 8.66. The molecule has 1 aliphatic rings. The van der Waals surface area contributed by atoms with Crippen LogP contribution in [0.2, 0.25) is 0 Å². The number of aromatic amines is 1. The molecule has 140 valence electrons. The van der Waals surface area contributed by atoms with E-state index >= 15 is 0 Å². The summed E-state index contributed by atoms with van der Waals surface area (Å²) in [6.07, 6.45) is 0.908. The van der Waals surface area contributed by atoms with Gasteiger partial charge >= 0.3 is 0 Å². The highest BCUT2D eigenvalue weighted by Crippen LogP contribution is 2.43. The van der Waals surface area contributed by atoms with Gasteiger partial charge in [0, 0.05) is 12.4 Å². The molecule has 0 amide bonds. The number of benzene rings is 2. The summed E-state index contributed by atoms with van der Waals surface area (Å²) in [6.45, 7) is 0. The molecule has 8 nitrogen and oxygen atoms in total. The highest BCUT2D eigenvalue weighted by Gasteiger charge is 2.37. The maximum Gasteiger partial charge on any atom is 0.272 e. The van der Waals surface area contributed by atoms with Crippen LogP contribution in [0.4, 0.5) is 10.1 Å². The Labute approximate surface area is 157 Å². The van der Waals surface area contributed by atoms with E-state index in [-0.39, 0.29) is 5.39 Å². The summed E-state index contributed by atoms with van der Waals surface area (Å²) in [5.41, 5.74) is 4.09. The Morgan fingerprint density at radius 1 is 1.21 bits per heavy atom. The summed E-state index contributed by atoms with van der Waals surface area (Å²) in [4.78, 5) is 22.7. The monoisotopic (exact) mass is 378 g/mol. The van der Waals surface area contributed by atoms with Gasteiger partial charge in [0.1, 0.15) is 24.1 Å². The number of halogens is 1. The second kappa shape index (κ2) is 6.24. The van der Waals surface area contributed by atoms with E-state index in [0.717, 1.165) is 5.56 Å². The predicted molar refractivity (Wildman–Crippen MR) is 99.1 cm³/mol. The highest BCUT2D eigenvalue weighted by molar-refractivity contribution is 5.95. The number of nitrogens with zero attached hydrogens (tertiary/aromatic N) is 4. The van der Waals surface area contributed by atoms with Crippen LogP contribution in [0.15, 0.2) is 53.6 Å². The third kappa shape index (κ3) is 2.48. The average Bonchev–Trinajstić information content (AvgIpc) is 3.05. The second-order valence-corrected chi connectivity index (χ2v) is 6.58. The lowest BCUT2D eigenvalue weighted by Crippen LogP contribution is -2.22. The van der Waals surface area contributed by atoms with Crippen LogP contribution in [0, 0.1) is 5.82 Å². The molecule has 0 spiro atoms. The smallest absolute Gasteiger partial charge is 0.267 e. The van der Waals surface area contributed by atoms with E-state index in [1.165, 1.54) is 18.5 Å². The Hall–Kier alpha value is -3.59. The fraction of sp³-hybridized carbons (Fsp3) is 0.158. The summed E-state index contributed by atoms with van der Waals surface area (Å²) in [5, 5.41) is 11.7. The summed E-state index contributed by atoms with van der Waals surface area (Å²) in [7, 11) is 1.77. The lowest BCUT2D eigenvalue weighted by atomic mass is 9.89. The zero-order valence-corrected chi connectivity index (χ0v) is 14.8. The van der Waals surface area contributed by atoms with Crippen molar-refractivity contribution in [3.63, 3.8) is 0 Å². The molecule has 3 heterocycles. The van der Waals surface area contributed by atoms with Gasteiger partial charge in [-0.1, -0.05) is 30.3 Å². The molecular weight excluding hydrogens is 363 g/mol. The first kappa shape index (κ1) is 16.6. The Kier molecular flexibility index (Phi) is 3.69. The first-order chi connectivity index (χ1) is 13.6. The van der Waals surface area contributed by atoms with E-state index in [1.807, 2.05) is 30.3 Å². The lowest BCUT2D eigenvalue weighted by Gasteiger charge is -2.24. The van der Waals surface area contributed by atoms with Gasteiger partial charge in [-0.2, -0.15) is 10.2 Å². The van der Waals surface area contributed by atoms with Crippen LogP contribution >= 0.6 is 0 Å². The maximum absolute atomic E-state index is 14.1. The van der Waals surface area contributed by atoms with Crippen molar-refractivity contribution in [2.75, 3.05) is 5.48 Å². The molecule has 0 radical (unpaired) electrons. The number of hydrogen-bond donors (Lipinski definition) is 2. The average molecular weight is 378 g/mol. The number of aromatic nitrogens is 5. The zero-order valence-electron chi connectivity index (χ0n) is 14.8. The molecule has 2 N–H and O–H groups in total. The van der Waals surface area contributed by atoms with Gasteiger partial charge in [0.2, 0.25) is 0 Å². The van der Waals surface area contributed by atoms with Gasteiger partial charge in [0.05, 0.1) is 22.7 Å². The number of H-pyrrole nitrogens is 1. The maximum atomic E-state index is 14.1. The number of anilines is 1. The lowest BCUT2D eigenvalue weighted by molar-refractivity contribution is 0.0848. The van der Waals surface area contributed by atoms with Crippen molar-refractivity contribution in [1.29, 1.82) is 0 Å². The predicted octanol–water partition coefficient (Wildman–Crippen LogP) is 2.42. The molecule has 1 aliphatic heterocycles. The van der Waals surface area contributed by atoms with Gasteiger partial charge in [0.25, 0.3) is 5.56 Å². The van der Waals surface area contributed by atoms with Crippen molar-refractivity contribution in [2.45, 2.75) is 12.0 Å². The third-order valence-electron chi connectivity index (χ3n) is 4.93. The van der Waals surface area contributed by atoms with Crippen molar-refractivity contribution in [3.8, 4) is 0 Å². The minimum absolute atomic E-state index is 0.192. The molecule has 0 fully saturated rings. The van der Waals surface area contributed by atoms with Crippen molar-refractivity contribution in [2.24, 2.45) is 7.05 Å². The molecule has 2 unspecified atom stereocenters. The van der Waals surface area contributed by atoms with Crippen LogP contribution < -0.4 is 11.0 Å². The topological polar surface area (TPSA) is 97.7 Å². The molecular formula is C19H15FN6O2. The summed E-state index contributed by atoms with van der Waals surface area (Å²) < 4.78 is 15.7. The number of hydrogen-bond acceptors (Lipinski definition) is 6. The quantitative estimate of drug-likeness (QED) is 0.556. The fourth-order valence-electron chi connectivity index (χ4n) is 3.68. The van der Waals surface area contributed by atoms with E-state index in [4.69, 9.17) is 4.84 Å². The van der Waals surface area contributed by atoms with Crippen molar-refractivity contribution in [1.82, 2.24) is 25.0 Å². The SMILES string of the molecule is Cn1ncnc1C1c2n[nH]c(=O)c3cc(F)cc(c23)NOC1c1ccccc1. The normalized spacial score (nSPS) is 18.6.